The molecular weight excluding hydrogens is 355 g/mol. The topological polar surface area (TPSA) is 66.5 Å². The molecule has 1 unspecified atom stereocenters. The lowest BCUT2D eigenvalue weighted by atomic mass is 10.2. The van der Waals surface area contributed by atoms with Gasteiger partial charge in [-0.1, -0.05) is 43.7 Å². The van der Waals surface area contributed by atoms with Crippen molar-refractivity contribution in [2.75, 3.05) is 10.8 Å². The second-order valence-corrected chi connectivity index (χ2v) is 7.90. The lowest BCUT2D eigenvalue weighted by molar-refractivity contribution is -0.120. The van der Waals surface area contributed by atoms with Crippen LogP contribution >= 0.6 is 0 Å². The summed E-state index contributed by atoms with van der Waals surface area (Å²) in [7, 11) is -4.09. The molecule has 1 atom stereocenters. The summed E-state index contributed by atoms with van der Waals surface area (Å²) in [6.45, 7) is 3.35. The third-order valence-electron chi connectivity index (χ3n) is 3.87. The van der Waals surface area contributed by atoms with E-state index in [2.05, 4.69) is 5.32 Å². The minimum Gasteiger partial charge on any atom is -0.352 e. The molecule has 1 N–H and O–H groups in total. The molecule has 26 heavy (non-hydrogen) atoms. The summed E-state index contributed by atoms with van der Waals surface area (Å²) in [5.74, 6) is -1.19. The SMILES string of the molecule is CCCC(C)NC(=O)CN(c1ccccc1F)S(=O)(=O)c1ccccc1. The number of carbonyl (C=O) groups excluding carboxylic acids is 1. The summed E-state index contributed by atoms with van der Waals surface area (Å²) in [6.07, 6.45) is 1.66. The molecule has 0 fully saturated rings. The van der Waals surface area contributed by atoms with Gasteiger partial charge in [-0.15, -0.1) is 0 Å². The van der Waals surface area contributed by atoms with Gasteiger partial charge < -0.3 is 5.32 Å². The number of carbonyl (C=O) groups is 1. The van der Waals surface area contributed by atoms with Crippen LogP contribution in [-0.2, 0) is 14.8 Å². The molecule has 140 valence electrons. The highest BCUT2D eigenvalue weighted by Gasteiger charge is 2.29. The molecule has 0 saturated heterocycles. The van der Waals surface area contributed by atoms with Gasteiger partial charge in [-0.2, -0.15) is 0 Å². The van der Waals surface area contributed by atoms with Crippen molar-refractivity contribution in [2.45, 2.75) is 37.6 Å². The Balaban J connectivity index is 2.38. The van der Waals surface area contributed by atoms with Gasteiger partial charge in [0.2, 0.25) is 5.91 Å². The van der Waals surface area contributed by atoms with Crippen LogP contribution in [0, 0.1) is 5.82 Å². The van der Waals surface area contributed by atoms with Crippen LogP contribution in [0.25, 0.3) is 0 Å². The minimum atomic E-state index is -4.09. The number of anilines is 1. The second-order valence-electron chi connectivity index (χ2n) is 6.03. The number of nitrogens with one attached hydrogen (secondary N) is 1. The van der Waals surface area contributed by atoms with Crippen molar-refractivity contribution in [1.82, 2.24) is 5.32 Å². The van der Waals surface area contributed by atoms with E-state index in [0.29, 0.717) is 0 Å². The summed E-state index contributed by atoms with van der Waals surface area (Å²) in [6, 6.07) is 13.1. The highest BCUT2D eigenvalue weighted by atomic mass is 32.2. The lowest BCUT2D eigenvalue weighted by Gasteiger charge is -2.25. The molecule has 0 aromatic heterocycles. The van der Waals surface area contributed by atoms with Crippen LogP contribution in [-0.4, -0.2) is 26.9 Å². The maximum absolute atomic E-state index is 14.3. The lowest BCUT2D eigenvalue weighted by Crippen LogP contribution is -2.43. The third-order valence-corrected chi connectivity index (χ3v) is 5.64. The van der Waals surface area contributed by atoms with Crippen LogP contribution in [0.15, 0.2) is 59.5 Å². The van der Waals surface area contributed by atoms with E-state index in [1.807, 2.05) is 13.8 Å². The molecule has 0 aliphatic heterocycles. The highest BCUT2D eigenvalue weighted by Crippen LogP contribution is 2.25. The number of sulfonamides is 1. The van der Waals surface area contributed by atoms with E-state index >= 15 is 0 Å². The Hall–Kier alpha value is -2.41. The zero-order chi connectivity index (χ0) is 19.2. The zero-order valence-electron chi connectivity index (χ0n) is 14.9. The van der Waals surface area contributed by atoms with Gasteiger partial charge in [-0.3, -0.25) is 9.10 Å². The van der Waals surface area contributed by atoms with Gasteiger partial charge >= 0.3 is 0 Å². The summed E-state index contributed by atoms with van der Waals surface area (Å²) < 4.78 is 41.1. The average molecular weight is 378 g/mol. The summed E-state index contributed by atoms with van der Waals surface area (Å²) in [4.78, 5) is 12.4. The van der Waals surface area contributed by atoms with Crippen molar-refractivity contribution >= 4 is 21.6 Å². The van der Waals surface area contributed by atoms with Crippen LogP contribution < -0.4 is 9.62 Å². The monoisotopic (exact) mass is 378 g/mol. The predicted octanol–water partition coefficient (Wildman–Crippen LogP) is 3.33. The molecule has 0 aliphatic carbocycles. The number of benzene rings is 2. The molecule has 5 nitrogen and oxygen atoms in total. The Morgan fingerprint density at radius 3 is 2.35 bits per heavy atom. The molecule has 0 aliphatic rings. The van der Waals surface area contributed by atoms with E-state index < -0.39 is 28.3 Å². The van der Waals surface area contributed by atoms with Crippen LogP contribution in [0.3, 0.4) is 0 Å². The number of amides is 1. The number of halogens is 1. The summed E-state index contributed by atoms with van der Waals surface area (Å²) in [5.41, 5.74) is -0.158. The molecule has 0 saturated carbocycles. The fourth-order valence-corrected chi connectivity index (χ4v) is 4.08. The van der Waals surface area contributed by atoms with Crippen LogP contribution in [0.4, 0.5) is 10.1 Å². The van der Waals surface area contributed by atoms with E-state index in [9.17, 15) is 17.6 Å². The van der Waals surface area contributed by atoms with Gasteiger partial charge in [0, 0.05) is 6.04 Å². The van der Waals surface area contributed by atoms with E-state index in [0.717, 1.165) is 17.1 Å². The minimum absolute atomic E-state index is 0.00217. The molecule has 0 spiro atoms. The van der Waals surface area contributed by atoms with Gasteiger partial charge in [-0.05, 0) is 37.6 Å². The van der Waals surface area contributed by atoms with Crippen molar-refractivity contribution in [2.24, 2.45) is 0 Å². The molecule has 7 heteroatoms. The largest absolute Gasteiger partial charge is 0.352 e. The van der Waals surface area contributed by atoms with Crippen molar-refractivity contribution in [3.63, 3.8) is 0 Å². The van der Waals surface area contributed by atoms with E-state index in [4.69, 9.17) is 0 Å². The number of hydrogen-bond donors (Lipinski definition) is 1. The Morgan fingerprint density at radius 1 is 1.12 bits per heavy atom. The van der Waals surface area contributed by atoms with Crippen LogP contribution in [0.2, 0.25) is 0 Å². The fourth-order valence-electron chi connectivity index (χ4n) is 2.63. The quantitative estimate of drug-likeness (QED) is 0.766. The van der Waals surface area contributed by atoms with Crippen LogP contribution in [0.1, 0.15) is 26.7 Å². The Labute approximate surface area is 153 Å². The molecular formula is C19H23FN2O3S. The normalized spacial score (nSPS) is 12.4. The van der Waals surface area contributed by atoms with E-state index in [-0.39, 0.29) is 16.6 Å². The molecule has 1 amide bonds. The maximum atomic E-state index is 14.3. The highest BCUT2D eigenvalue weighted by molar-refractivity contribution is 7.92. The van der Waals surface area contributed by atoms with Crippen molar-refractivity contribution in [3.05, 3.63) is 60.4 Å². The van der Waals surface area contributed by atoms with Gasteiger partial charge in [0.1, 0.15) is 12.4 Å². The number of para-hydroxylation sites is 1. The maximum Gasteiger partial charge on any atom is 0.264 e. The molecule has 2 aromatic carbocycles. The van der Waals surface area contributed by atoms with Crippen molar-refractivity contribution in [3.8, 4) is 0 Å². The molecule has 2 rings (SSSR count). The van der Waals surface area contributed by atoms with Crippen molar-refractivity contribution in [1.29, 1.82) is 0 Å². The van der Waals surface area contributed by atoms with E-state index in [1.165, 1.54) is 36.4 Å². The standard InChI is InChI=1S/C19H23FN2O3S/c1-3-9-15(2)21-19(23)14-22(18-13-8-7-12-17(18)20)26(24,25)16-10-5-4-6-11-16/h4-8,10-13,15H,3,9,14H2,1-2H3,(H,21,23). The molecule has 2 aromatic rings. The Morgan fingerprint density at radius 2 is 1.73 bits per heavy atom. The first-order chi connectivity index (χ1) is 12.4. The fraction of sp³-hybridized carbons (Fsp3) is 0.316. The molecule has 0 heterocycles. The first-order valence-corrected chi connectivity index (χ1v) is 9.92. The molecule has 0 bridgehead atoms. The first kappa shape index (κ1) is 19.9. The zero-order valence-corrected chi connectivity index (χ0v) is 15.7. The number of nitrogens with zero attached hydrogens (tertiary/aromatic N) is 1. The average Bonchev–Trinajstić information content (AvgIpc) is 2.61. The second kappa shape index (κ2) is 8.80. The summed E-state index contributed by atoms with van der Waals surface area (Å²) >= 11 is 0. The van der Waals surface area contributed by atoms with Crippen LogP contribution in [0.5, 0.6) is 0 Å². The van der Waals surface area contributed by atoms with Gasteiger partial charge in [0.15, 0.2) is 0 Å². The number of hydrogen-bond acceptors (Lipinski definition) is 3. The van der Waals surface area contributed by atoms with Gasteiger partial charge in [0.25, 0.3) is 10.0 Å². The third kappa shape index (κ3) is 4.82. The van der Waals surface area contributed by atoms with Crippen molar-refractivity contribution < 1.29 is 17.6 Å². The Bertz CT molecular complexity index is 841. The van der Waals surface area contributed by atoms with Gasteiger partial charge in [0.05, 0.1) is 10.6 Å². The van der Waals surface area contributed by atoms with Gasteiger partial charge in [-0.25, -0.2) is 12.8 Å². The Kier molecular flexibility index (Phi) is 6.74. The first-order valence-electron chi connectivity index (χ1n) is 8.48. The predicted molar refractivity (Wildman–Crippen MR) is 99.9 cm³/mol. The summed E-state index contributed by atoms with van der Waals surface area (Å²) in [5, 5.41) is 2.76. The number of rotatable bonds is 8. The molecule has 0 radical (unpaired) electrons. The van der Waals surface area contributed by atoms with E-state index in [1.54, 1.807) is 18.2 Å². The smallest absolute Gasteiger partial charge is 0.264 e.